The maximum Gasteiger partial charge on any atom is 0.307 e. The number of carboxylic acids is 1. The zero-order chi connectivity index (χ0) is 12.2. The summed E-state index contributed by atoms with van der Waals surface area (Å²) in [5, 5.41) is 11.2. The Morgan fingerprint density at radius 3 is 2.69 bits per heavy atom. The lowest BCUT2D eigenvalue weighted by Gasteiger charge is -2.20. The zero-order valence-corrected chi connectivity index (χ0v) is 11.5. The Labute approximate surface area is 105 Å². The molecule has 1 aromatic rings. The van der Waals surface area contributed by atoms with E-state index in [1.165, 1.54) is 0 Å². The first-order valence-electron chi connectivity index (χ1n) is 5.27. The van der Waals surface area contributed by atoms with Crippen molar-refractivity contribution >= 4 is 29.1 Å². The molecule has 1 N–H and O–H groups in total. The van der Waals surface area contributed by atoms with Gasteiger partial charge in [-0.15, -0.1) is 11.3 Å². The van der Waals surface area contributed by atoms with Gasteiger partial charge in [0.2, 0.25) is 0 Å². The molecule has 0 aliphatic carbocycles. The van der Waals surface area contributed by atoms with Gasteiger partial charge in [0.1, 0.15) is 0 Å². The summed E-state index contributed by atoms with van der Waals surface area (Å²) in [5.41, 5.74) is 0. The van der Waals surface area contributed by atoms with Gasteiger partial charge < -0.3 is 5.11 Å². The van der Waals surface area contributed by atoms with Gasteiger partial charge >= 0.3 is 5.97 Å². The lowest BCUT2D eigenvalue weighted by Crippen LogP contribution is -2.21. The van der Waals surface area contributed by atoms with Gasteiger partial charge in [0.15, 0.2) is 0 Å². The number of aliphatic carboxylic acids is 1. The minimum atomic E-state index is -0.690. The van der Waals surface area contributed by atoms with Crippen LogP contribution in [-0.4, -0.2) is 21.6 Å². The van der Waals surface area contributed by atoms with Crippen molar-refractivity contribution in [2.75, 3.05) is 5.75 Å². The largest absolute Gasteiger partial charge is 0.481 e. The van der Waals surface area contributed by atoms with Crippen molar-refractivity contribution in [2.24, 2.45) is 5.92 Å². The molecule has 1 atom stereocenters. The summed E-state index contributed by atoms with van der Waals surface area (Å²) >= 11 is 3.35. The zero-order valence-electron chi connectivity index (χ0n) is 9.90. The van der Waals surface area contributed by atoms with E-state index in [9.17, 15) is 4.79 Å². The molecule has 0 aliphatic rings. The van der Waals surface area contributed by atoms with E-state index in [1.807, 2.05) is 17.5 Å². The minimum Gasteiger partial charge on any atom is -0.481 e. The summed E-state index contributed by atoms with van der Waals surface area (Å²) in [6.45, 7) is 6.34. The third-order valence-electron chi connectivity index (χ3n) is 2.09. The van der Waals surface area contributed by atoms with Crippen LogP contribution in [0.2, 0.25) is 0 Å². The number of hydrogen-bond acceptors (Lipinski definition) is 3. The fourth-order valence-corrected chi connectivity index (χ4v) is 2.99. The third kappa shape index (κ3) is 5.03. The number of hydrogen-bond donors (Lipinski definition) is 1. The molecule has 1 aromatic heterocycles. The van der Waals surface area contributed by atoms with Crippen LogP contribution in [0.25, 0.3) is 0 Å². The molecule has 90 valence electrons. The first kappa shape index (κ1) is 13.6. The van der Waals surface area contributed by atoms with Crippen molar-refractivity contribution in [3.63, 3.8) is 0 Å². The minimum absolute atomic E-state index is 0.128. The molecule has 0 saturated heterocycles. The third-order valence-corrected chi connectivity index (χ3v) is 4.43. The van der Waals surface area contributed by atoms with E-state index in [2.05, 4.69) is 20.8 Å². The van der Waals surface area contributed by atoms with Crippen LogP contribution in [0, 0.1) is 5.92 Å². The molecule has 0 radical (unpaired) electrons. The average molecular weight is 258 g/mol. The Morgan fingerprint density at radius 2 is 2.25 bits per heavy atom. The molecule has 0 bridgehead atoms. The second kappa shape index (κ2) is 5.73. The van der Waals surface area contributed by atoms with E-state index in [-0.39, 0.29) is 10.7 Å². The normalized spacial score (nSPS) is 13.7. The molecular weight excluding hydrogens is 240 g/mol. The topological polar surface area (TPSA) is 37.3 Å². The molecule has 0 aliphatic heterocycles. The van der Waals surface area contributed by atoms with Gasteiger partial charge in [0.25, 0.3) is 0 Å². The molecule has 0 aromatic carbocycles. The molecule has 0 fully saturated rings. The van der Waals surface area contributed by atoms with Crippen LogP contribution in [0.3, 0.4) is 0 Å². The number of carboxylic acid groups (broad SMARTS) is 1. The van der Waals surface area contributed by atoms with E-state index in [4.69, 9.17) is 5.11 Å². The van der Waals surface area contributed by atoms with Crippen LogP contribution in [-0.2, 0) is 11.2 Å². The van der Waals surface area contributed by atoms with Crippen LogP contribution >= 0.6 is 23.1 Å². The Hall–Kier alpha value is -0.480. The number of rotatable bonds is 5. The number of carbonyl (C=O) groups is 1. The predicted molar refractivity (Wildman–Crippen MR) is 71.4 cm³/mol. The monoisotopic (exact) mass is 258 g/mol. The molecule has 2 nitrogen and oxygen atoms in total. The summed E-state index contributed by atoms with van der Waals surface area (Å²) in [7, 11) is 0. The van der Waals surface area contributed by atoms with E-state index in [0.29, 0.717) is 12.2 Å². The molecule has 1 unspecified atom stereocenters. The van der Waals surface area contributed by atoms with Crippen LogP contribution in [0.15, 0.2) is 17.5 Å². The fourth-order valence-electron chi connectivity index (χ4n) is 1.24. The Kier molecular flexibility index (Phi) is 4.87. The maximum atomic E-state index is 11.1. The molecule has 1 rings (SSSR count). The highest BCUT2D eigenvalue weighted by Gasteiger charge is 2.21. The Balaban J connectivity index is 2.52. The van der Waals surface area contributed by atoms with E-state index < -0.39 is 5.97 Å². The first-order chi connectivity index (χ1) is 7.38. The molecule has 4 heteroatoms. The summed E-state index contributed by atoms with van der Waals surface area (Å²) in [6.07, 6.45) is 0.649. The van der Waals surface area contributed by atoms with Crippen LogP contribution in [0.5, 0.6) is 0 Å². The second-order valence-electron chi connectivity index (χ2n) is 4.74. The van der Waals surface area contributed by atoms with Crippen molar-refractivity contribution < 1.29 is 9.90 Å². The van der Waals surface area contributed by atoms with Gasteiger partial charge in [0.05, 0.1) is 5.92 Å². The quantitative estimate of drug-likeness (QED) is 0.878. The molecule has 0 saturated carbocycles. The van der Waals surface area contributed by atoms with Gasteiger partial charge in [-0.3, -0.25) is 4.79 Å². The van der Waals surface area contributed by atoms with Gasteiger partial charge in [0, 0.05) is 15.4 Å². The SMILES string of the molecule is CC(C)(C)SCC(Cc1cccs1)C(=O)O. The Morgan fingerprint density at radius 1 is 1.56 bits per heavy atom. The maximum absolute atomic E-state index is 11.1. The van der Waals surface area contributed by atoms with Crippen LogP contribution in [0.4, 0.5) is 0 Å². The highest BCUT2D eigenvalue weighted by atomic mass is 32.2. The summed E-state index contributed by atoms with van der Waals surface area (Å²) in [5.74, 6) is -0.287. The summed E-state index contributed by atoms with van der Waals surface area (Å²) in [6, 6.07) is 3.97. The average Bonchev–Trinajstić information content (AvgIpc) is 2.62. The number of thiophene rings is 1. The first-order valence-corrected chi connectivity index (χ1v) is 7.14. The number of thioether (sulfide) groups is 1. The molecule has 1 heterocycles. The lowest BCUT2D eigenvalue weighted by molar-refractivity contribution is -0.140. The van der Waals surface area contributed by atoms with Crippen molar-refractivity contribution in [3.05, 3.63) is 22.4 Å². The van der Waals surface area contributed by atoms with Crippen molar-refractivity contribution in [3.8, 4) is 0 Å². The smallest absolute Gasteiger partial charge is 0.307 e. The van der Waals surface area contributed by atoms with Gasteiger partial charge in [-0.1, -0.05) is 26.8 Å². The van der Waals surface area contributed by atoms with Crippen LogP contribution in [0.1, 0.15) is 25.6 Å². The standard InChI is InChI=1S/C12H18O2S2/c1-12(2,3)16-8-9(11(13)14)7-10-5-4-6-15-10/h4-6,9H,7-8H2,1-3H3,(H,13,14). The summed E-state index contributed by atoms with van der Waals surface area (Å²) < 4.78 is 0.128. The second-order valence-corrected chi connectivity index (χ2v) is 7.62. The molecular formula is C12H18O2S2. The molecule has 0 spiro atoms. The van der Waals surface area contributed by atoms with Gasteiger partial charge in [-0.05, 0) is 17.9 Å². The molecule has 16 heavy (non-hydrogen) atoms. The predicted octanol–water partition coefficient (Wildman–Crippen LogP) is 3.52. The Bertz CT molecular complexity index is 325. The summed E-state index contributed by atoms with van der Waals surface area (Å²) in [4.78, 5) is 12.3. The highest BCUT2D eigenvalue weighted by Crippen LogP contribution is 2.27. The lowest BCUT2D eigenvalue weighted by atomic mass is 10.1. The fraction of sp³-hybridized carbons (Fsp3) is 0.583. The van der Waals surface area contributed by atoms with E-state index in [0.717, 1.165) is 4.88 Å². The van der Waals surface area contributed by atoms with Gasteiger partial charge in [-0.25, -0.2) is 0 Å². The van der Waals surface area contributed by atoms with Crippen molar-refractivity contribution in [2.45, 2.75) is 31.9 Å². The van der Waals surface area contributed by atoms with E-state index >= 15 is 0 Å². The highest BCUT2D eigenvalue weighted by molar-refractivity contribution is 8.00. The van der Waals surface area contributed by atoms with Crippen molar-refractivity contribution in [1.29, 1.82) is 0 Å². The van der Waals surface area contributed by atoms with E-state index in [1.54, 1.807) is 23.1 Å². The van der Waals surface area contributed by atoms with Gasteiger partial charge in [-0.2, -0.15) is 11.8 Å². The van der Waals surface area contributed by atoms with Crippen LogP contribution < -0.4 is 0 Å². The van der Waals surface area contributed by atoms with Crippen molar-refractivity contribution in [1.82, 2.24) is 0 Å². The molecule has 0 amide bonds.